The molecular formula is C36H44N6O5. The summed E-state index contributed by atoms with van der Waals surface area (Å²) in [6, 6.07) is 19.7. The van der Waals surface area contributed by atoms with E-state index in [9.17, 15) is 9.59 Å². The van der Waals surface area contributed by atoms with Crippen LogP contribution in [0.5, 0.6) is 17.4 Å². The minimum atomic E-state index is -0.763. The predicted octanol–water partition coefficient (Wildman–Crippen LogP) is 6.98. The third-order valence-electron chi connectivity index (χ3n) is 7.89. The third kappa shape index (κ3) is 9.67. The van der Waals surface area contributed by atoms with Gasteiger partial charge in [-0.1, -0.05) is 38.1 Å². The zero-order valence-electron chi connectivity index (χ0n) is 28.0. The molecule has 47 heavy (non-hydrogen) atoms. The van der Waals surface area contributed by atoms with Crippen LogP contribution in [0.15, 0.2) is 66.7 Å². The third-order valence-corrected chi connectivity index (χ3v) is 7.89. The molecule has 248 valence electrons. The summed E-state index contributed by atoms with van der Waals surface area (Å²) >= 11 is 0. The highest BCUT2D eigenvalue weighted by molar-refractivity contribution is 5.95. The van der Waals surface area contributed by atoms with E-state index in [1.165, 1.54) is 7.11 Å². The lowest BCUT2D eigenvalue weighted by atomic mass is 10.0. The topological polar surface area (TPSA) is 127 Å². The van der Waals surface area contributed by atoms with E-state index in [0.29, 0.717) is 40.7 Å². The molecule has 0 unspecified atom stereocenters. The van der Waals surface area contributed by atoms with Crippen LogP contribution < -0.4 is 30.2 Å². The van der Waals surface area contributed by atoms with Gasteiger partial charge < -0.3 is 29.7 Å². The molecule has 0 saturated heterocycles. The summed E-state index contributed by atoms with van der Waals surface area (Å²) in [6.45, 7) is 12.0. The fourth-order valence-electron chi connectivity index (χ4n) is 5.00. The van der Waals surface area contributed by atoms with Crippen molar-refractivity contribution in [1.82, 2.24) is 20.2 Å². The monoisotopic (exact) mass is 640 g/mol. The molecule has 0 spiro atoms. The Morgan fingerprint density at radius 1 is 0.872 bits per heavy atom. The van der Waals surface area contributed by atoms with Gasteiger partial charge in [-0.25, -0.2) is 9.78 Å². The van der Waals surface area contributed by atoms with Gasteiger partial charge in [-0.15, -0.1) is 0 Å². The molecule has 0 aliphatic rings. The molecule has 0 aliphatic carbocycles. The number of hydrogen-bond acceptors (Lipinski definition) is 9. The zero-order chi connectivity index (χ0) is 33.8. The van der Waals surface area contributed by atoms with Crippen LogP contribution in [0.2, 0.25) is 0 Å². The van der Waals surface area contributed by atoms with Crippen LogP contribution in [0.25, 0.3) is 11.3 Å². The highest BCUT2D eigenvalue weighted by Crippen LogP contribution is 2.31. The summed E-state index contributed by atoms with van der Waals surface area (Å²) in [5, 5.41) is 8.89. The standard InChI is InChI=1S/C36H44N6O5/c1-7-42(8-2)20-10-9-19-37-34(43)26-14-12-15-27(21-26)38-35-39-31(29-16-11-13-24(3)25(29)4)23-33(41-35)47-36(44)40-30-18-17-28(45-5)22-32(30)46-6/h11-18,21-23H,7-10,19-20H2,1-6H3,(H,37,43)(H,40,44)(H,38,39,41). The van der Waals surface area contributed by atoms with Crippen molar-refractivity contribution in [2.75, 3.05) is 51.0 Å². The minimum absolute atomic E-state index is 0.0296. The van der Waals surface area contributed by atoms with Gasteiger partial charge in [0.15, 0.2) is 0 Å². The van der Waals surface area contributed by atoms with Crippen molar-refractivity contribution in [2.24, 2.45) is 0 Å². The number of aryl methyl sites for hydroxylation is 1. The van der Waals surface area contributed by atoms with Crippen molar-refractivity contribution < 1.29 is 23.8 Å². The number of benzene rings is 3. The molecule has 4 rings (SSSR count). The van der Waals surface area contributed by atoms with Crippen LogP contribution in [0.1, 0.15) is 48.2 Å². The largest absolute Gasteiger partial charge is 0.497 e. The van der Waals surface area contributed by atoms with Gasteiger partial charge in [0.2, 0.25) is 11.8 Å². The number of nitrogens with one attached hydrogen (secondary N) is 3. The molecule has 0 saturated carbocycles. The summed E-state index contributed by atoms with van der Waals surface area (Å²) < 4.78 is 16.3. The molecule has 0 fully saturated rings. The van der Waals surface area contributed by atoms with E-state index >= 15 is 0 Å². The lowest BCUT2D eigenvalue weighted by Crippen LogP contribution is -2.27. The molecule has 0 aliphatic heterocycles. The number of ether oxygens (including phenoxy) is 3. The minimum Gasteiger partial charge on any atom is -0.497 e. The van der Waals surface area contributed by atoms with E-state index in [1.54, 1.807) is 49.6 Å². The summed E-state index contributed by atoms with van der Waals surface area (Å²) in [5.74, 6) is 1.06. The molecule has 11 heteroatoms. The molecule has 0 bridgehead atoms. The molecule has 3 N–H and O–H groups in total. The highest BCUT2D eigenvalue weighted by Gasteiger charge is 2.16. The SMILES string of the molecule is CCN(CC)CCCCNC(=O)c1cccc(Nc2nc(OC(=O)Nc3ccc(OC)cc3OC)cc(-c3cccc(C)c3C)n2)c1. The number of aromatic nitrogens is 2. The van der Waals surface area contributed by atoms with Gasteiger partial charge in [0.1, 0.15) is 11.5 Å². The Morgan fingerprint density at radius 2 is 1.66 bits per heavy atom. The first kappa shape index (κ1) is 34.7. The number of methoxy groups -OCH3 is 2. The number of amides is 2. The molecule has 1 aromatic heterocycles. The number of hydrogen-bond donors (Lipinski definition) is 3. The summed E-state index contributed by atoms with van der Waals surface area (Å²) in [6.07, 6.45) is 1.16. The Bertz CT molecular complexity index is 1670. The Labute approximate surface area is 276 Å². The lowest BCUT2D eigenvalue weighted by Gasteiger charge is -2.17. The normalized spacial score (nSPS) is 10.8. The first-order valence-corrected chi connectivity index (χ1v) is 15.8. The Balaban J connectivity index is 1.52. The summed E-state index contributed by atoms with van der Waals surface area (Å²) in [7, 11) is 3.04. The van der Waals surface area contributed by atoms with E-state index < -0.39 is 6.09 Å². The second-order valence-corrected chi connectivity index (χ2v) is 10.9. The van der Waals surface area contributed by atoms with Gasteiger partial charge in [-0.3, -0.25) is 10.1 Å². The highest BCUT2D eigenvalue weighted by atomic mass is 16.6. The number of nitrogens with zero attached hydrogens (tertiary/aromatic N) is 3. The van der Waals surface area contributed by atoms with E-state index in [4.69, 9.17) is 19.2 Å². The maximum Gasteiger partial charge on any atom is 0.418 e. The van der Waals surface area contributed by atoms with Crippen LogP contribution in [0, 0.1) is 13.8 Å². The van der Waals surface area contributed by atoms with Crippen molar-refractivity contribution in [1.29, 1.82) is 0 Å². The van der Waals surface area contributed by atoms with E-state index in [-0.39, 0.29) is 17.7 Å². The van der Waals surface area contributed by atoms with E-state index in [1.807, 2.05) is 38.1 Å². The lowest BCUT2D eigenvalue weighted by molar-refractivity contribution is 0.0952. The van der Waals surface area contributed by atoms with Crippen LogP contribution in [-0.2, 0) is 0 Å². The van der Waals surface area contributed by atoms with Gasteiger partial charge in [0.05, 0.1) is 25.6 Å². The molecule has 1 heterocycles. The Kier molecular flexibility index (Phi) is 12.5. The maximum atomic E-state index is 13.0. The molecule has 0 radical (unpaired) electrons. The van der Waals surface area contributed by atoms with Crippen molar-refractivity contribution in [2.45, 2.75) is 40.5 Å². The molecule has 4 aromatic rings. The molecule has 3 aromatic carbocycles. The number of unbranched alkanes of at least 4 members (excludes halogenated alkanes) is 1. The first-order valence-electron chi connectivity index (χ1n) is 15.8. The number of carbonyl (C=O) groups excluding carboxylic acids is 2. The number of rotatable bonds is 15. The van der Waals surface area contributed by atoms with Gasteiger partial charge in [0, 0.05) is 35.5 Å². The second kappa shape index (κ2) is 17.0. The summed E-state index contributed by atoms with van der Waals surface area (Å²) in [5.41, 5.74) is 5.07. The first-order chi connectivity index (χ1) is 22.7. The average molecular weight is 641 g/mol. The number of anilines is 3. The van der Waals surface area contributed by atoms with E-state index in [0.717, 1.165) is 49.2 Å². The Morgan fingerprint density at radius 3 is 2.40 bits per heavy atom. The fourth-order valence-corrected chi connectivity index (χ4v) is 5.00. The van der Waals surface area contributed by atoms with Gasteiger partial charge in [-0.05, 0) is 87.8 Å². The van der Waals surface area contributed by atoms with Gasteiger partial charge >= 0.3 is 6.09 Å². The predicted molar refractivity (Wildman–Crippen MR) is 185 cm³/mol. The smallest absolute Gasteiger partial charge is 0.418 e. The van der Waals surface area contributed by atoms with Crippen molar-refractivity contribution in [3.05, 3.63) is 83.4 Å². The molecule has 2 amide bonds. The van der Waals surface area contributed by atoms with E-state index in [2.05, 4.69) is 39.7 Å². The quantitative estimate of drug-likeness (QED) is 0.118. The fraction of sp³-hybridized carbons (Fsp3) is 0.333. The second-order valence-electron chi connectivity index (χ2n) is 10.9. The summed E-state index contributed by atoms with van der Waals surface area (Å²) in [4.78, 5) is 37.5. The van der Waals surface area contributed by atoms with Crippen molar-refractivity contribution >= 4 is 29.3 Å². The van der Waals surface area contributed by atoms with Gasteiger partial charge in [-0.2, -0.15) is 4.98 Å². The van der Waals surface area contributed by atoms with Crippen LogP contribution in [-0.4, -0.2) is 67.3 Å². The van der Waals surface area contributed by atoms with Crippen LogP contribution >= 0.6 is 0 Å². The van der Waals surface area contributed by atoms with Crippen LogP contribution in [0.4, 0.5) is 22.1 Å². The molecular weight excluding hydrogens is 596 g/mol. The molecule has 11 nitrogen and oxygen atoms in total. The molecule has 0 atom stereocenters. The number of carbonyl (C=O) groups is 2. The van der Waals surface area contributed by atoms with Crippen molar-refractivity contribution in [3.8, 4) is 28.6 Å². The Hall–Kier alpha value is -5.16. The zero-order valence-corrected chi connectivity index (χ0v) is 28.0. The van der Waals surface area contributed by atoms with Crippen molar-refractivity contribution in [3.63, 3.8) is 0 Å². The van der Waals surface area contributed by atoms with Gasteiger partial charge in [0.25, 0.3) is 5.91 Å². The average Bonchev–Trinajstić information content (AvgIpc) is 3.07. The van der Waals surface area contributed by atoms with Crippen LogP contribution in [0.3, 0.4) is 0 Å². The maximum absolute atomic E-state index is 13.0.